The van der Waals surface area contributed by atoms with E-state index in [9.17, 15) is 8.42 Å². The topological polar surface area (TPSA) is 67.2 Å². The van der Waals surface area contributed by atoms with Crippen LogP contribution in [0.4, 0.5) is 0 Å². The van der Waals surface area contributed by atoms with Gasteiger partial charge in [-0.3, -0.25) is 0 Å². The average Bonchev–Trinajstić information content (AvgIpc) is 2.42. The second-order valence-electron chi connectivity index (χ2n) is 5.14. The van der Waals surface area contributed by atoms with E-state index in [-0.39, 0.29) is 11.5 Å². The first-order valence-corrected chi connectivity index (χ1v) is 8.59. The third-order valence-corrected chi connectivity index (χ3v) is 4.64. The van der Waals surface area contributed by atoms with Gasteiger partial charge in [-0.2, -0.15) is 5.26 Å². The van der Waals surface area contributed by atoms with Crippen LogP contribution in [0.15, 0.2) is 24.3 Å². The third kappa shape index (κ3) is 6.07. The molecule has 0 aliphatic rings. The van der Waals surface area contributed by atoms with Crippen LogP contribution in [0.5, 0.6) is 5.75 Å². The first kappa shape index (κ1) is 16.5. The highest BCUT2D eigenvalue weighted by molar-refractivity contribution is 7.91. The number of nitrogens with zero attached hydrogens (tertiary/aromatic N) is 1. The van der Waals surface area contributed by atoms with Crippen LogP contribution in [0.25, 0.3) is 0 Å². The van der Waals surface area contributed by atoms with Crippen molar-refractivity contribution in [3.8, 4) is 11.8 Å². The highest BCUT2D eigenvalue weighted by Crippen LogP contribution is 2.16. The number of hydrogen-bond donors (Lipinski definition) is 0. The lowest BCUT2D eigenvalue weighted by atomic mass is 10.2. The smallest absolute Gasteiger partial charge is 0.150 e. The van der Waals surface area contributed by atoms with Gasteiger partial charge in [-0.1, -0.05) is 26.0 Å². The predicted octanol–water partition coefficient (Wildman–Crippen LogP) is 2.79. The molecular formula is C15H21NO3S. The van der Waals surface area contributed by atoms with Gasteiger partial charge in [0.1, 0.15) is 21.7 Å². The summed E-state index contributed by atoms with van der Waals surface area (Å²) in [5.41, 5.74) is 0.468. The summed E-state index contributed by atoms with van der Waals surface area (Å²) in [5.74, 6) is 1.27. The second kappa shape index (κ2) is 7.91. The molecule has 110 valence electrons. The Balaban J connectivity index is 2.37. The molecule has 0 atom stereocenters. The summed E-state index contributed by atoms with van der Waals surface area (Å²) >= 11 is 0. The van der Waals surface area contributed by atoms with E-state index in [2.05, 4.69) is 0 Å². The van der Waals surface area contributed by atoms with Crippen LogP contribution in [0.3, 0.4) is 0 Å². The Morgan fingerprint density at radius 1 is 1.25 bits per heavy atom. The van der Waals surface area contributed by atoms with Crippen LogP contribution in [0.2, 0.25) is 0 Å². The molecule has 0 aliphatic carbocycles. The zero-order chi connectivity index (χ0) is 15.0. The van der Waals surface area contributed by atoms with Gasteiger partial charge >= 0.3 is 0 Å². The van der Waals surface area contributed by atoms with Crippen molar-refractivity contribution in [3.63, 3.8) is 0 Å². The SMILES string of the molecule is CC(C)CCS(=O)(=O)CCCOc1ccccc1C#N. The highest BCUT2D eigenvalue weighted by atomic mass is 32.2. The molecule has 5 heteroatoms. The normalized spacial score (nSPS) is 11.3. The summed E-state index contributed by atoms with van der Waals surface area (Å²) in [6, 6.07) is 8.98. The molecule has 0 amide bonds. The van der Waals surface area contributed by atoms with E-state index in [1.807, 2.05) is 19.9 Å². The summed E-state index contributed by atoms with van der Waals surface area (Å²) < 4.78 is 29.0. The van der Waals surface area contributed by atoms with Crippen molar-refractivity contribution in [1.29, 1.82) is 5.26 Å². The minimum absolute atomic E-state index is 0.133. The Bertz CT molecular complexity index is 559. The van der Waals surface area contributed by atoms with Gasteiger partial charge in [-0.25, -0.2) is 8.42 Å². The largest absolute Gasteiger partial charge is 0.492 e. The van der Waals surface area contributed by atoms with Crippen LogP contribution >= 0.6 is 0 Å². The lowest BCUT2D eigenvalue weighted by molar-refractivity contribution is 0.317. The molecule has 0 aliphatic heterocycles. The van der Waals surface area contributed by atoms with Crippen molar-refractivity contribution in [3.05, 3.63) is 29.8 Å². The first-order valence-electron chi connectivity index (χ1n) is 6.77. The number of ether oxygens (including phenoxy) is 1. The molecule has 0 heterocycles. The van der Waals surface area contributed by atoms with Crippen LogP contribution in [-0.2, 0) is 9.84 Å². The van der Waals surface area contributed by atoms with Gasteiger partial charge in [-0.15, -0.1) is 0 Å². The van der Waals surface area contributed by atoms with E-state index in [4.69, 9.17) is 10.00 Å². The molecule has 1 aromatic carbocycles. The molecule has 0 bridgehead atoms. The fourth-order valence-electron chi connectivity index (χ4n) is 1.66. The van der Waals surface area contributed by atoms with E-state index in [0.717, 1.165) is 0 Å². The molecule has 0 saturated carbocycles. The van der Waals surface area contributed by atoms with Gasteiger partial charge in [0.25, 0.3) is 0 Å². The van der Waals surface area contributed by atoms with Crippen LogP contribution in [-0.4, -0.2) is 26.5 Å². The van der Waals surface area contributed by atoms with E-state index in [1.165, 1.54) is 0 Å². The van der Waals surface area contributed by atoms with Crippen LogP contribution in [0.1, 0.15) is 32.3 Å². The highest BCUT2D eigenvalue weighted by Gasteiger charge is 2.11. The second-order valence-corrected chi connectivity index (χ2v) is 7.45. The number of benzene rings is 1. The molecule has 0 aromatic heterocycles. The molecular weight excluding hydrogens is 274 g/mol. The lowest BCUT2D eigenvalue weighted by Gasteiger charge is -2.09. The summed E-state index contributed by atoms with van der Waals surface area (Å²) in [4.78, 5) is 0. The van der Waals surface area contributed by atoms with Gasteiger partial charge < -0.3 is 4.74 Å². The molecule has 0 unspecified atom stereocenters. The minimum atomic E-state index is -2.99. The summed E-state index contributed by atoms with van der Waals surface area (Å²) in [6.07, 6.45) is 1.14. The fourth-order valence-corrected chi connectivity index (χ4v) is 3.26. The van der Waals surface area contributed by atoms with Gasteiger partial charge in [0.2, 0.25) is 0 Å². The molecule has 0 fully saturated rings. The maximum atomic E-state index is 11.8. The minimum Gasteiger partial charge on any atom is -0.492 e. The van der Waals surface area contributed by atoms with Crippen LogP contribution in [0, 0.1) is 17.2 Å². The van der Waals surface area contributed by atoms with E-state index in [1.54, 1.807) is 24.3 Å². The summed E-state index contributed by atoms with van der Waals surface area (Å²) in [5, 5.41) is 8.90. The van der Waals surface area contributed by atoms with Gasteiger partial charge in [-0.05, 0) is 30.9 Å². The molecule has 0 radical (unpaired) electrons. The number of sulfone groups is 1. The molecule has 0 N–H and O–H groups in total. The molecule has 1 aromatic rings. The monoisotopic (exact) mass is 295 g/mol. The van der Waals surface area contributed by atoms with E-state index >= 15 is 0 Å². The quantitative estimate of drug-likeness (QED) is 0.692. The maximum Gasteiger partial charge on any atom is 0.150 e. The Labute approximate surface area is 121 Å². The Morgan fingerprint density at radius 3 is 2.60 bits per heavy atom. The van der Waals surface area contributed by atoms with E-state index < -0.39 is 9.84 Å². The zero-order valence-electron chi connectivity index (χ0n) is 12.0. The summed E-state index contributed by atoms with van der Waals surface area (Å²) in [6.45, 7) is 4.33. The standard InChI is InChI=1S/C15H21NO3S/c1-13(2)8-11-20(17,18)10-5-9-19-15-7-4-3-6-14(15)12-16/h3-4,6-7,13H,5,8-11H2,1-2H3. The number of para-hydroxylation sites is 1. The van der Waals surface area contributed by atoms with Crippen molar-refractivity contribution < 1.29 is 13.2 Å². The molecule has 0 spiro atoms. The van der Waals surface area contributed by atoms with E-state index in [0.29, 0.717) is 36.7 Å². The lowest BCUT2D eigenvalue weighted by Crippen LogP contribution is -2.15. The molecule has 4 nitrogen and oxygen atoms in total. The maximum absolute atomic E-state index is 11.8. The average molecular weight is 295 g/mol. The van der Waals surface area contributed by atoms with Crippen molar-refractivity contribution in [2.24, 2.45) is 5.92 Å². The number of nitriles is 1. The molecule has 0 saturated heterocycles. The summed E-state index contributed by atoms with van der Waals surface area (Å²) in [7, 11) is -2.99. The van der Waals surface area contributed by atoms with Gasteiger partial charge in [0.05, 0.1) is 23.7 Å². The van der Waals surface area contributed by atoms with Crippen molar-refractivity contribution in [2.75, 3.05) is 18.1 Å². The predicted molar refractivity (Wildman–Crippen MR) is 79.4 cm³/mol. The van der Waals surface area contributed by atoms with Crippen molar-refractivity contribution in [1.82, 2.24) is 0 Å². The zero-order valence-corrected chi connectivity index (χ0v) is 12.8. The molecule has 1 rings (SSSR count). The Morgan fingerprint density at radius 2 is 1.95 bits per heavy atom. The number of hydrogen-bond acceptors (Lipinski definition) is 4. The third-order valence-electron chi connectivity index (χ3n) is 2.87. The Kier molecular flexibility index (Phi) is 6.53. The van der Waals surface area contributed by atoms with Crippen LogP contribution < -0.4 is 4.74 Å². The van der Waals surface area contributed by atoms with Crippen molar-refractivity contribution in [2.45, 2.75) is 26.7 Å². The van der Waals surface area contributed by atoms with Crippen molar-refractivity contribution >= 4 is 9.84 Å². The number of rotatable bonds is 8. The first-order chi connectivity index (χ1) is 9.44. The Hall–Kier alpha value is -1.54. The van der Waals surface area contributed by atoms with Gasteiger partial charge in [0, 0.05) is 0 Å². The van der Waals surface area contributed by atoms with Gasteiger partial charge in [0.15, 0.2) is 0 Å². The molecule has 20 heavy (non-hydrogen) atoms. The fraction of sp³-hybridized carbons (Fsp3) is 0.533.